The van der Waals surface area contributed by atoms with Crippen molar-refractivity contribution < 1.29 is 4.79 Å². The van der Waals surface area contributed by atoms with Gasteiger partial charge in [-0.15, -0.1) is 23.4 Å². The van der Waals surface area contributed by atoms with Gasteiger partial charge in [-0.25, -0.2) is 0 Å². The molecule has 1 aliphatic heterocycles. The van der Waals surface area contributed by atoms with Gasteiger partial charge in [0.2, 0.25) is 5.91 Å². The van der Waals surface area contributed by atoms with Crippen LogP contribution in [0, 0.1) is 0 Å². The largest absolute Gasteiger partial charge is 0.351 e. The molecule has 4 heteroatoms. The molecule has 1 aliphatic rings. The highest BCUT2D eigenvalue weighted by atomic mass is 35.5. The summed E-state index contributed by atoms with van der Waals surface area (Å²) in [4.78, 5) is 11.9. The Hall–Kier alpha value is 0.110. The average Bonchev–Trinajstić information content (AvgIpc) is 2.62. The van der Waals surface area contributed by atoms with E-state index in [4.69, 9.17) is 11.6 Å². The molecular weight excluding hydrogens is 218 g/mol. The summed E-state index contributed by atoms with van der Waals surface area (Å²) >= 11 is 7.50. The van der Waals surface area contributed by atoms with Crippen molar-refractivity contribution in [3.8, 4) is 0 Å². The molecule has 0 bridgehead atoms. The number of thioether (sulfide) groups is 1. The molecular formula is C10H18ClNOS. The molecule has 1 fully saturated rings. The van der Waals surface area contributed by atoms with Crippen molar-refractivity contribution in [2.75, 3.05) is 11.6 Å². The Balaban J connectivity index is 2.48. The zero-order valence-corrected chi connectivity index (χ0v) is 10.4. The SMILES string of the molecule is CCC(CCl)NC(=O)C1(C)CCCS1. The molecule has 2 atom stereocenters. The van der Waals surface area contributed by atoms with Crippen LogP contribution in [0.3, 0.4) is 0 Å². The Morgan fingerprint density at radius 3 is 2.86 bits per heavy atom. The van der Waals surface area contributed by atoms with Crippen molar-refractivity contribution in [2.24, 2.45) is 0 Å². The Bertz CT molecular complexity index is 200. The lowest BCUT2D eigenvalue weighted by molar-refractivity contribution is -0.123. The summed E-state index contributed by atoms with van der Waals surface area (Å²) in [5, 5.41) is 3.01. The predicted molar refractivity (Wildman–Crippen MR) is 63.0 cm³/mol. The van der Waals surface area contributed by atoms with Gasteiger partial charge in [0.15, 0.2) is 0 Å². The smallest absolute Gasteiger partial charge is 0.236 e. The van der Waals surface area contributed by atoms with Crippen LogP contribution < -0.4 is 5.32 Å². The number of carbonyl (C=O) groups excluding carboxylic acids is 1. The standard InChI is InChI=1S/C10H18ClNOS/c1-3-8(7-11)12-9(13)10(2)5-4-6-14-10/h8H,3-7H2,1-2H3,(H,12,13). The lowest BCUT2D eigenvalue weighted by Gasteiger charge is -2.24. The summed E-state index contributed by atoms with van der Waals surface area (Å²) in [5.41, 5.74) is 0. The summed E-state index contributed by atoms with van der Waals surface area (Å²) < 4.78 is -0.209. The summed E-state index contributed by atoms with van der Waals surface area (Å²) in [7, 11) is 0. The Labute approximate surface area is 95.2 Å². The zero-order chi connectivity index (χ0) is 10.6. The highest BCUT2D eigenvalue weighted by Crippen LogP contribution is 2.37. The normalized spacial score (nSPS) is 28.8. The third-order valence-corrected chi connectivity index (χ3v) is 4.61. The Morgan fingerprint density at radius 1 is 1.71 bits per heavy atom. The fourth-order valence-corrected chi connectivity index (χ4v) is 3.06. The van der Waals surface area contributed by atoms with Crippen molar-refractivity contribution in [1.82, 2.24) is 5.32 Å². The molecule has 82 valence electrons. The number of amides is 1. The zero-order valence-electron chi connectivity index (χ0n) is 8.81. The molecule has 0 aliphatic carbocycles. The van der Waals surface area contributed by atoms with Crippen molar-refractivity contribution in [1.29, 1.82) is 0 Å². The molecule has 2 unspecified atom stereocenters. The second-order valence-electron chi connectivity index (χ2n) is 3.92. The van der Waals surface area contributed by atoms with Crippen LogP contribution in [0.1, 0.15) is 33.1 Å². The lowest BCUT2D eigenvalue weighted by Crippen LogP contribution is -2.46. The molecule has 1 saturated heterocycles. The number of rotatable bonds is 4. The van der Waals surface area contributed by atoms with E-state index in [-0.39, 0.29) is 16.7 Å². The minimum atomic E-state index is -0.209. The molecule has 1 amide bonds. The molecule has 14 heavy (non-hydrogen) atoms. The van der Waals surface area contributed by atoms with E-state index in [1.165, 1.54) is 0 Å². The number of hydrogen-bond donors (Lipinski definition) is 1. The predicted octanol–water partition coefficient (Wildman–Crippen LogP) is 2.41. The van der Waals surface area contributed by atoms with Gasteiger partial charge in [-0.3, -0.25) is 4.79 Å². The van der Waals surface area contributed by atoms with Crippen LogP contribution >= 0.6 is 23.4 Å². The second-order valence-corrected chi connectivity index (χ2v) is 5.82. The van der Waals surface area contributed by atoms with Gasteiger partial charge in [0.1, 0.15) is 0 Å². The molecule has 1 rings (SSSR count). The second kappa shape index (κ2) is 5.26. The minimum absolute atomic E-state index is 0.127. The molecule has 0 aromatic heterocycles. The van der Waals surface area contributed by atoms with E-state index in [9.17, 15) is 4.79 Å². The number of halogens is 1. The van der Waals surface area contributed by atoms with E-state index in [0.29, 0.717) is 5.88 Å². The molecule has 0 spiro atoms. The molecule has 1 N–H and O–H groups in total. The Morgan fingerprint density at radius 2 is 2.43 bits per heavy atom. The van der Waals surface area contributed by atoms with Crippen LogP contribution in [0.15, 0.2) is 0 Å². The van der Waals surface area contributed by atoms with Gasteiger partial charge in [0.05, 0.1) is 4.75 Å². The first-order chi connectivity index (χ1) is 6.62. The summed E-state index contributed by atoms with van der Waals surface area (Å²) in [6.07, 6.45) is 3.03. The maximum Gasteiger partial charge on any atom is 0.236 e. The average molecular weight is 236 g/mol. The van der Waals surface area contributed by atoms with Crippen LogP contribution in [-0.2, 0) is 4.79 Å². The first-order valence-electron chi connectivity index (χ1n) is 5.13. The number of nitrogens with one attached hydrogen (secondary N) is 1. The fraction of sp³-hybridized carbons (Fsp3) is 0.900. The first kappa shape index (κ1) is 12.2. The van der Waals surface area contributed by atoms with Crippen LogP contribution in [0.4, 0.5) is 0 Å². The van der Waals surface area contributed by atoms with E-state index in [1.807, 2.05) is 13.8 Å². The summed E-state index contributed by atoms with van der Waals surface area (Å²) in [6.45, 7) is 4.07. The highest BCUT2D eigenvalue weighted by Gasteiger charge is 2.37. The van der Waals surface area contributed by atoms with Crippen LogP contribution in [0.2, 0.25) is 0 Å². The monoisotopic (exact) mass is 235 g/mol. The molecule has 0 aromatic carbocycles. The van der Waals surface area contributed by atoms with Gasteiger partial charge in [0.25, 0.3) is 0 Å². The maximum absolute atomic E-state index is 11.9. The van der Waals surface area contributed by atoms with Gasteiger partial charge < -0.3 is 5.32 Å². The topological polar surface area (TPSA) is 29.1 Å². The van der Waals surface area contributed by atoms with E-state index in [0.717, 1.165) is 25.0 Å². The molecule has 0 aromatic rings. The highest BCUT2D eigenvalue weighted by molar-refractivity contribution is 8.01. The number of carbonyl (C=O) groups is 1. The quantitative estimate of drug-likeness (QED) is 0.759. The fourth-order valence-electron chi connectivity index (χ4n) is 1.55. The minimum Gasteiger partial charge on any atom is -0.351 e. The van der Waals surface area contributed by atoms with Crippen LogP contribution in [-0.4, -0.2) is 28.3 Å². The van der Waals surface area contributed by atoms with E-state index in [2.05, 4.69) is 5.32 Å². The lowest BCUT2D eigenvalue weighted by atomic mass is 10.0. The molecule has 2 nitrogen and oxygen atoms in total. The van der Waals surface area contributed by atoms with Crippen molar-refractivity contribution in [3.63, 3.8) is 0 Å². The van der Waals surface area contributed by atoms with Gasteiger partial charge in [0, 0.05) is 11.9 Å². The van der Waals surface area contributed by atoms with E-state index < -0.39 is 0 Å². The molecule has 0 radical (unpaired) electrons. The summed E-state index contributed by atoms with van der Waals surface area (Å²) in [6, 6.07) is 0.127. The van der Waals surface area contributed by atoms with Crippen molar-refractivity contribution in [3.05, 3.63) is 0 Å². The third kappa shape index (κ3) is 2.80. The summed E-state index contributed by atoms with van der Waals surface area (Å²) in [5.74, 6) is 1.76. The van der Waals surface area contributed by atoms with Crippen molar-refractivity contribution in [2.45, 2.75) is 43.9 Å². The van der Waals surface area contributed by atoms with Crippen LogP contribution in [0.25, 0.3) is 0 Å². The van der Waals surface area contributed by atoms with Gasteiger partial charge >= 0.3 is 0 Å². The van der Waals surface area contributed by atoms with Gasteiger partial charge in [-0.1, -0.05) is 6.92 Å². The Kier molecular flexibility index (Phi) is 4.58. The molecule has 1 heterocycles. The number of alkyl halides is 1. The first-order valence-corrected chi connectivity index (χ1v) is 6.65. The van der Waals surface area contributed by atoms with E-state index in [1.54, 1.807) is 11.8 Å². The van der Waals surface area contributed by atoms with Crippen LogP contribution in [0.5, 0.6) is 0 Å². The van der Waals surface area contributed by atoms with Crippen molar-refractivity contribution >= 4 is 29.3 Å². The third-order valence-electron chi connectivity index (χ3n) is 2.71. The van der Waals surface area contributed by atoms with Gasteiger partial charge in [-0.2, -0.15) is 0 Å². The number of hydrogen-bond acceptors (Lipinski definition) is 2. The maximum atomic E-state index is 11.9. The van der Waals surface area contributed by atoms with Gasteiger partial charge in [-0.05, 0) is 31.9 Å². The van der Waals surface area contributed by atoms with E-state index >= 15 is 0 Å². The molecule has 0 saturated carbocycles.